The zero-order valence-electron chi connectivity index (χ0n) is 15.6. The van der Waals surface area contributed by atoms with Crippen molar-refractivity contribution in [1.29, 1.82) is 0 Å². The summed E-state index contributed by atoms with van der Waals surface area (Å²) in [7, 11) is 0. The summed E-state index contributed by atoms with van der Waals surface area (Å²) in [4.78, 5) is 21.7. The molecule has 0 spiro atoms. The Hall–Kier alpha value is -3.97. The predicted molar refractivity (Wildman–Crippen MR) is 117 cm³/mol. The maximum Gasteiger partial charge on any atom is 0.222 e. The molecule has 0 radical (unpaired) electrons. The average Bonchev–Trinajstić information content (AvgIpc) is 3.13. The third kappa shape index (κ3) is 3.71. The van der Waals surface area contributed by atoms with Crippen LogP contribution in [0.4, 0.5) is 11.8 Å². The molecule has 7 N–H and O–H groups in total. The number of benzene rings is 3. The molecule has 0 bridgehead atoms. The number of hydrogen-bond donors (Lipinski definition) is 4. The Balaban J connectivity index is 0.000000142. The molecular formula is C22H20N6O. The molecule has 0 aliphatic carbocycles. The third-order valence-corrected chi connectivity index (χ3v) is 4.68. The zero-order chi connectivity index (χ0) is 20.4. The van der Waals surface area contributed by atoms with Gasteiger partial charge in [0.2, 0.25) is 5.95 Å². The predicted octanol–water partition coefficient (Wildman–Crippen LogP) is 3.39. The number of aromatic nitrogens is 3. The number of nitrogens with one attached hydrogen (secondary N) is 1. The van der Waals surface area contributed by atoms with Crippen molar-refractivity contribution in [3.63, 3.8) is 0 Å². The Morgan fingerprint density at radius 1 is 0.897 bits per heavy atom. The molecule has 0 saturated heterocycles. The molecule has 2 aromatic heterocycles. The number of aldehydes is 1. The van der Waals surface area contributed by atoms with E-state index >= 15 is 0 Å². The number of carbonyl (C=O) groups excluding carboxylic acids is 1. The molecular weight excluding hydrogens is 364 g/mol. The number of rotatable bonds is 2. The van der Waals surface area contributed by atoms with Crippen LogP contribution in [0, 0.1) is 0 Å². The normalized spacial score (nSPS) is 10.8. The van der Waals surface area contributed by atoms with Crippen molar-refractivity contribution in [3.8, 4) is 0 Å². The summed E-state index contributed by atoms with van der Waals surface area (Å²) in [5.41, 5.74) is 20.0. The maximum absolute atomic E-state index is 10.6. The number of nitrogens with zero attached hydrogens (tertiary/aromatic N) is 2. The highest BCUT2D eigenvalue weighted by Crippen LogP contribution is 2.22. The fourth-order valence-corrected chi connectivity index (χ4v) is 3.25. The summed E-state index contributed by atoms with van der Waals surface area (Å²) in [5.74, 6) is 0.584. The van der Waals surface area contributed by atoms with Gasteiger partial charge in [-0.3, -0.25) is 4.79 Å². The molecule has 7 nitrogen and oxygen atoms in total. The van der Waals surface area contributed by atoms with Crippen molar-refractivity contribution >= 4 is 50.6 Å². The van der Waals surface area contributed by atoms with Gasteiger partial charge in [-0.2, -0.15) is 4.98 Å². The summed E-state index contributed by atoms with van der Waals surface area (Å²) in [5, 5.41) is 4.26. The molecule has 0 atom stereocenters. The first kappa shape index (κ1) is 18.4. The summed E-state index contributed by atoms with van der Waals surface area (Å²) >= 11 is 0. The Morgan fingerprint density at radius 3 is 2.38 bits per heavy atom. The molecule has 7 heteroatoms. The van der Waals surface area contributed by atoms with E-state index in [2.05, 4.69) is 39.2 Å². The monoisotopic (exact) mass is 384 g/mol. The molecule has 5 aromatic rings. The van der Waals surface area contributed by atoms with E-state index in [1.807, 2.05) is 36.4 Å². The third-order valence-electron chi connectivity index (χ3n) is 4.68. The van der Waals surface area contributed by atoms with E-state index in [1.54, 1.807) is 0 Å². The molecule has 0 saturated carbocycles. The zero-order valence-corrected chi connectivity index (χ0v) is 15.6. The molecule has 29 heavy (non-hydrogen) atoms. The largest absolute Gasteiger partial charge is 0.383 e. The lowest BCUT2D eigenvalue weighted by Crippen LogP contribution is -2.02. The lowest BCUT2D eigenvalue weighted by molar-refractivity contribution is 0.112. The summed E-state index contributed by atoms with van der Waals surface area (Å²) in [6, 6.07) is 19.8. The Morgan fingerprint density at radius 2 is 1.66 bits per heavy atom. The van der Waals surface area contributed by atoms with Gasteiger partial charge in [-0.15, -0.1) is 0 Å². The number of nitrogens with two attached hydrogens (primary N) is 3. The molecule has 144 valence electrons. The minimum Gasteiger partial charge on any atom is -0.383 e. The van der Waals surface area contributed by atoms with E-state index in [9.17, 15) is 4.79 Å². The first-order valence-corrected chi connectivity index (χ1v) is 9.06. The fourth-order valence-electron chi connectivity index (χ4n) is 3.25. The van der Waals surface area contributed by atoms with Gasteiger partial charge < -0.3 is 22.2 Å². The topological polar surface area (TPSA) is 137 Å². The minimum atomic E-state index is 0.184. The van der Waals surface area contributed by atoms with Crippen LogP contribution in [0.15, 0.2) is 60.7 Å². The second-order valence-electron chi connectivity index (χ2n) is 6.65. The van der Waals surface area contributed by atoms with Crippen LogP contribution in [-0.2, 0) is 6.54 Å². The Bertz CT molecular complexity index is 1290. The number of H-pyrrole nitrogens is 1. The van der Waals surface area contributed by atoms with Crippen LogP contribution >= 0.6 is 0 Å². The van der Waals surface area contributed by atoms with Gasteiger partial charge in [0.15, 0.2) is 6.29 Å². The molecule has 0 aliphatic rings. The van der Waals surface area contributed by atoms with Crippen LogP contribution in [0.2, 0.25) is 0 Å². The molecule has 0 fully saturated rings. The summed E-state index contributed by atoms with van der Waals surface area (Å²) < 4.78 is 0. The van der Waals surface area contributed by atoms with Gasteiger partial charge in [0, 0.05) is 22.8 Å². The number of carbonyl (C=O) groups is 1. The van der Waals surface area contributed by atoms with E-state index in [-0.39, 0.29) is 5.95 Å². The number of fused-ring (bicyclic) bond motifs is 3. The van der Waals surface area contributed by atoms with Crippen LogP contribution in [-0.4, -0.2) is 21.2 Å². The highest BCUT2D eigenvalue weighted by Gasteiger charge is 2.03. The van der Waals surface area contributed by atoms with E-state index < -0.39 is 0 Å². The van der Waals surface area contributed by atoms with Crippen molar-refractivity contribution in [2.75, 3.05) is 11.5 Å². The van der Waals surface area contributed by atoms with E-state index in [0.717, 1.165) is 33.7 Å². The van der Waals surface area contributed by atoms with Gasteiger partial charge in [0.05, 0.1) is 11.2 Å². The number of hydrogen-bond acceptors (Lipinski definition) is 6. The lowest BCUT2D eigenvalue weighted by Gasteiger charge is -2.03. The van der Waals surface area contributed by atoms with Gasteiger partial charge in [-0.05, 0) is 46.7 Å². The van der Waals surface area contributed by atoms with Crippen LogP contribution in [0.1, 0.15) is 16.1 Å². The van der Waals surface area contributed by atoms with Crippen molar-refractivity contribution in [1.82, 2.24) is 15.0 Å². The van der Waals surface area contributed by atoms with Gasteiger partial charge in [-0.25, -0.2) is 4.98 Å². The maximum atomic E-state index is 10.6. The second kappa shape index (κ2) is 7.57. The molecule has 5 rings (SSSR count). The van der Waals surface area contributed by atoms with Crippen LogP contribution < -0.4 is 17.2 Å². The molecule has 3 aromatic carbocycles. The van der Waals surface area contributed by atoms with E-state index in [4.69, 9.17) is 17.2 Å². The molecule has 0 unspecified atom stereocenters. The Kier molecular flexibility index (Phi) is 4.80. The van der Waals surface area contributed by atoms with Crippen LogP contribution in [0.5, 0.6) is 0 Å². The lowest BCUT2D eigenvalue weighted by atomic mass is 10.1. The summed E-state index contributed by atoms with van der Waals surface area (Å²) in [6.07, 6.45) is 0.838. The number of nitrogen functional groups attached to an aromatic ring is 2. The average molecular weight is 384 g/mol. The van der Waals surface area contributed by atoms with Gasteiger partial charge >= 0.3 is 0 Å². The highest BCUT2D eigenvalue weighted by atomic mass is 16.1. The van der Waals surface area contributed by atoms with Gasteiger partial charge in [0.1, 0.15) is 5.82 Å². The highest BCUT2D eigenvalue weighted by molar-refractivity contribution is 5.99. The fraction of sp³-hybridized carbons (Fsp3) is 0.0455. The SMILES string of the molecule is NCc1ccc2c(N)nc(N)nc2c1.O=Cc1cc2cc3ccccc3cc2[nH]1. The first-order chi connectivity index (χ1) is 14.1. The van der Waals surface area contributed by atoms with Crippen LogP contribution in [0.3, 0.4) is 0 Å². The standard InChI is InChI=1S/C13H9NO.C9H11N5/c15-8-12-6-11-5-9-3-1-2-4-10(9)7-13(11)14-12;10-4-5-1-2-6-7(3-5)13-9(12)14-8(6)11/h1-8,14H;1-3H,4,10H2,(H4,11,12,13,14). The van der Waals surface area contributed by atoms with E-state index in [1.165, 1.54) is 10.8 Å². The summed E-state index contributed by atoms with van der Waals surface area (Å²) in [6.45, 7) is 0.472. The van der Waals surface area contributed by atoms with Gasteiger partial charge in [-0.1, -0.05) is 30.3 Å². The molecule has 0 aliphatic heterocycles. The quantitative estimate of drug-likeness (QED) is 0.344. The smallest absolute Gasteiger partial charge is 0.222 e. The van der Waals surface area contributed by atoms with Crippen LogP contribution in [0.25, 0.3) is 32.6 Å². The first-order valence-electron chi connectivity index (χ1n) is 9.06. The number of anilines is 2. The van der Waals surface area contributed by atoms with Crippen molar-refractivity contribution in [2.45, 2.75) is 6.54 Å². The van der Waals surface area contributed by atoms with Crippen molar-refractivity contribution in [3.05, 3.63) is 71.9 Å². The van der Waals surface area contributed by atoms with Gasteiger partial charge in [0.25, 0.3) is 0 Å². The van der Waals surface area contributed by atoms with E-state index in [0.29, 0.717) is 18.1 Å². The molecule has 2 heterocycles. The van der Waals surface area contributed by atoms with Crippen molar-refractivity contribution in [2.24, 2.45) is 5.73 Å². The molecule has 0 amide bonds. The number of aromatic amines is 1. The van der Waals surface area contributed by atoms with Crippen molar-refractivity contribution < 1.29 is 4.79 Å². The Labute approximate surface area is 166 Å². The minimum absolute atomic E-state index is 0.184. The second-order valence-corrected chi connectivity index (χ2v) is 6.65.